The summed E-state index contributed by atoms with van der Waals surface area (Å²) in [5.74, 6) is 0.838. The minimum Gasteiger partial charge on any atom is -0.336 e. The molecule has 1 heterocycles. The van der Waals surface area contributed by atoms with Gasteiger partial charge in [0.15, 0.2) is 0 Å². The molecule has 0 unspecified atom stereocenters. The normalized spacial score (nSPS) is 15.4. The number of rotatable bonds is 4. The summed E-state index contributed by atoms with van der Waals surface area (Å²) in [6, 6.07) is 0.247. The summed E-state index contributed by atoms with van der Waals surface area (Å²) in [4.78, 5) is 14.5. The lowest BCUT2D eigenvalue weighted by molar-refractivity contribution is 0.0695. The fourth-order valence-corrected chi connectivity index (χ4v) is 2.12. The third-order valence-electron chi connectivity index (χ3n) is 3.38. The number of aromatic amines is 1. The van der Waals surface area contributed by atoms with Crippen molar-refractivity contribution < 1.29 is 4.79 Å². The Morgan fingerprint density at radius 2 is 2.12 bits per heavy atom. The zero-order valence-electron chi connectivity index (χ0n) is 11.1. The molecule has 17 heavy (non-hydrogen) atoms. The first-order chi connectivity index (χ1) is 8.00. The monoisotopic (exact) mass is 235 g/mol. The molecule has 0 aromatic carbocycles. The number of aryl methyl sites for hydroxylation is 2. The molecule has 0 atom stereocenters. The standard InChI is InChI=1S/C13H21N3O/c1-8(2)16(7-11-5-6-11)13(17)12-9(3)14-15-10(12)4/h8,11H,5-7H2,1-4H3,(H,14,15). The van der Waals surface area contributed by atoms with Gasteiger partial charge in [-0.2, -0.15) is 5.10 Å². The smallest absolute Gasteiger partial charge is 0.257 e. The predicted octanol–water partition coefficient (Wildman–Crippen LogP) is 2.29. The van der Waals surface area contributed by atoms with Gasteiger partial charge in [0.25, 0.3) is 5.91 Å². The van der Waals surface area contributed by atoms with E-state index in [1.54, 1.807) is 0 Å². The van der Waals surface area contributed by atoms with Gasteiger partial charge in [-0.15, -0.1) is 0 Å². The summed E-state index contributed by atoms with van der Waals surface area (Å²) in [7, 11) is 0. The molecular formula is C13H21N3O. The SMILES string of the molecule is Cc1n[nH]c(C)c1C(=O)N(CC1CC1)C(C)C. The molecular weight excluding hydrogens is 214 g/mol. The zero-order valence-corrected chi connectivity index (χ0v) is 11.1. The van der Waals surface area contributed by atoms with Gasteiger partial charge in [0.2, 0.25) is 0 Å². The Labute approximate surface area is 102 Å². The van der Waals surface area contributed by atoms with Crippen LogP contribution in [0.2, 0.25) is 0 Å². The number of carbonyl (C=O) groups excluding carboxylic acids is 1. The maximum atomic E-state index is 12.5. The van der Waals surface area contributed by atoms with Crippen molar-refractivity contribution in [1.82, 2.24) is 15.1 Å². The van der Waals surface area contributed by atoms with E-state index in [1.165, 1.54) is 12.8 Å². The molecule has 1 saturated carbocycles. The summed E-state index contributed by atoms with van der Waals surface area (Å²) in [5, 5.41) is 6.98. The molecule has 94 valence electrons. The summed E-state index contributed by atoms with van der Waals surface area (Å²) >= 11 is 0. The molecule has 0 aliphatic heterocycles. The second kappa shape index (κ2) is 4.51. The zero-order chi connectivity index (χ0) is 12.6. The van der Waals surface area contributed by atoms with Gasteiger partial charge in [0, 0.05) is 18.3 Å². The molecule has 1 amide bonds. The molecule has 0 spiro atoms. The second-order valence-corrected chi connectivity index (χ2v) is 5.30. The molecule has 1 aliphatic carbocycles. The highest BCUT2D eigenvalue weighted by molar-refractivity contribution is 5.96. The van der Waals surface area contributed by atoms with Crippen molar-refractivity contribution in [1.29, 1.82) is 0 Å². The molecule has 0 radical (unpaired) electrons. The van der Waals surface area contributed by atoms with Crippen molar-refractivity contribution >= 4 is 5.91 Å². The topological polar surface area (TPSA) is 49.0 Å². The van der Waals surface area contributed by atoms with Crippen LogP contribution in [0.1, 0.15) is 48.4 Å². The maximum absolute atomic E-state index is 12.5. The fraction of sp³-hybridized carbons (Fsp3) is 0.692. The van der Waals surface area contributed by atoms with Gasteiger partial charge in [-0.05, 0) is 46.5 Å². The Bertz CT molecular complexity index is 399. The van der Waals surface area contributed by atoms with Crippen LogP contribution in [0, 0.1) is 19.8 Å². The van der Waals surface area contributed by atoms with E-state index in [9.17, 15) is 4.79 Å². The van der Waals surface area contributed by atoms with Gasteiger partial charge < -0.3 is 4.90 Å². The van der Waals surface area contributed by atoms with Crippen LogP contribution >= 0.6 is 0 Å². The average molecular weight is 235 g/mol. The molecule has 1 aromatic rings. The van der Waals surface area contributed by atoms with E-state index < -0.39 is 0 Å². The van der Waals surface area contributed by atoms with Crippen molar-refractivity contribution in [3.8, 4) is 0 Å². The first-order valence-corrected chi connectivity index (χ1v) is 6.33. The van der Waals surface area contributed by atoms with Crippen LogP contribution in [0.4, 0.5) is 0 Å². The summed E-state index contributed by atoms with van der Waals surface area (Å²) in [6.07, 6.45) is 2.53. The van der Waals surface area contributed by atoms with Crippen molar-refractivity contribution in [2.45, 2.75) is 46.6 Å². The first-order valence-electron chi connectivity index (χ1n) is 6.33. The molecule has 1 aliphatic rings. The van der Waals surface area contributed by atoms with Crippen LogP contribution in [0.25, 0.3) is 0 Å². The molecule has 4 nitrogen and oxygen atoms in total. The molecule has 2 rings (SSSR count). The second-order valence-electron chi connectivity index (χ2n) is 5.30. The van der Waals surface area contributed by atoms with Crippen LogP contribution in [0.15, 0.2) is 0 Å². The molecule has 0 bridgehead atoms. The molecule has 1 N–H and O–H groups in total. The lowest BCUT2D eigenvalue weighted by atomic mass is 10.1. The molecule has 4 heteroatoms. The van der Waals surface area contributed by atoms with Gasteiger partial charge in [-0.25, -0.2) is 0 Å². The number of aromatic nitrogens is 2. The van der Waals surface area contributed by atoms with Crippen LogP contribution in [-0.4, -0.2) is 33.6 Å². The van der Waals surface area contributed by atoms with Gasteiger partial charge in [-0.3, -0.25) is 9.89 Å². The van der Waals surface area contributed by atoms with Crippen LogP contribution in [0.5, 0.6) is 0 Å². The Hall–Kier alpha value is -1.32. The Kier molecular flexibility index (Phi) is 3.22. The third kappa shape index (κ3) is 2.51. The summed E-state index contributed by atoms with van der Waals surface area (Å²) in [5.41, 5.74) is 2.42. The van der Waals surface area contributed by atoms with Crippen LogP contribution < -0.4 is 0 Å². The molecule has 1 fully saturated rings. The lowest BCUT2D eigenvalue weighted by Gasteiger charge is -2.27. The fourth-order valence-electron chi connectivity index (χ4n) is 2.12. The number of hydrogen-bond acceptors (Lipinski definition) is 2. The van der Waals surface area contributed by atoms with Gasteiger partial charge in [0.1, 0.15) is 0 Å². The number of H-pyrrole nitrogens is 1. The van der Waals surface area contributed by atoms with E-state index in [1.807, 2.05) is 18.7 Å². The van der Waals surface area contributed by atoms with E-state index in [2.05, 4.69) is 24.0 Å². The van der Waals surface area contributed by atoms with E-state index >= 15 is 0 Å². The van der Waals surface area contributed by atoms with Crippen LogP contribution in [0.3, 0.4) is 0 Å². The minimum atomic E-state index is 0.121. The Balaban J connectivity index is 2.20. The number of carbonyl (C=O) groups is 1. The molecule has 0 saturated heterocycles. The highest BCUT2D eigenvalue weighted by Crippen LogP contribution is 2.31. The average Bonchev–Trinajstić information content (AvgIpc) is 3.01. The first kappa shape index (κ1) is 12.1. The number of amides is 1. The van der Waals surface area contributed by atoms with Crippen molar-refractivity contribution in [3.05, 3.63) is 17.0 Å². The van der Waals surface area contributed by atoms with E-state index in [0.29, 0.717) is 5.92 Å². The third-order valence-corrected chi connectivity index (χ3v) is 3.38. The van der Waals surface area contributed by atoms with E-state index in [0.717, 1.165) is 23.5 Å². The summed E-state index contributed by atoms with van der Waals surface area (Å²) in [6.45, 7) is 8.83. The van der Waals surface area contributed by atoms with Crippen molar-refractivity contribution in [2.75, 3.05) is 6.54 Å². The van der Waals surface area contributed by atoms with Crippen molar-refractivity contribution in [2.24, 2.45) is 5.92 Å². The quantitative estimate of drug-likeness (QED) is 0.870. The highest BCUT2D eigenvalue weighted by atomic mass is 16.2. The predicted molar refractivity (Wildman–Crippen MR) is 67.0 cm³/mol. The van der Waals surface area contributed by atoms with Gasteiger partial charge in [0.05, 0.1) is 11.3 Å². The van der Waals surface area contributed by atoms with Gasteiger partial charge in [-0.1, -0.05) is 0 Å². The Morgan fingerprint density at radius 3 is 2.53 bits per heavy atom. The maximum Gasteiger partial charge on any atom is 0.257 e. The highest BCUT2D eigenvalue weighted by Gasteiger charge is 2.30. The van der Waals surface area contributed by atoms with Crippen LogP contribution in [-0.2, 0) is 0 Å². The largest absolute Gasteiger partial charge is 0.336 e. The van der Waals surface area contributed by atoms with Crippen molar-refractivity contribution in [3.63, 3.8) is 0 Å². The number of hydrogen-bond donors (Lipinski definition) is 1. The van der Waals surface area contributed by atoms with E-state index in [4.69, 9.17) is 0 Å². The lowest BCUT2D eigenvalue weighted by Crippen LogP contribution is -2.39. The minimum absolute atomic E-state index is 0.121. The number of nitrogens with zero attached hydrogens (tertiary/aromatic N) is 2. The number of nitrogens with one attached hydrogen (secondary N) is 1. The molecule has 1 aromatic heterocycles. The van der Waals surface area contributed by atoms with Gasteiger partial charge >= 0.3 is 0 Å². The summed E-state index contributed by atoms with van der Waals surface area (Å²) < 4.78 is 0. The Morgan fingerprint density at radius 1 is 1.47 bits per heavy atom. The van der Waals surface area contributed by atoms with E-state index in [-0.39, 0.29) is 11.9 Å².